The summed E-state index contributed by atoms with van der Waals surface area (Å²) in [5.74, 6) is 1.60. The number of amides is 1. The second kappa shape index (κ2) is 13.0. The van der Waals surface area contributed by atoms with Gasteiger partial charge in [-0.2, -0.15) is 0 Å². The van der Waals surface area contributed by atoms with Crippen LogP contribution in [0.4, 0.5) is 0 Å². The molecular weight excluding hydrogens is 488 g/mol. The van der Waals surface area contributed by atoms with Gasteiger partial charge in [-0.25, -0.2) is 0 Å². The van der Waals surface area contributed by atoms with E-state index in [1.54, 1.807) is 14.2 Å². The lowest BCUT2D eigenvalue weighted by molar-refractivity contribution is -0.128. The zero-order chi connectivity index (χ0) is 27.0. The van der Waals surface area contributed by atoms with E-state index in [2.05, 4.69) is 53.8 Å². The van der Waals surface area contributed by atoms with Crippen molar-refractivity contribution in [3.05, 3.63) is 89.5 Å². The SMILES string of the molecule is COCCCOc1cc(CN(C(=O)C2=C(c3cccc(-c4ccccc4)c3)CCNC2)C2CC2)cc(OC)c1. The summed E-state index contributed by atoms with van der Waals surface area (Å²) in [6.07, 6.45) is 3.72. The van der Waals surface area contributed by atoms with E-state index in [0.717, 1.165) is 66.0 Å². The molecule has 0 saturated heterocycles. The molecule has 204 valence electrons. The van der Waals surface area contributed by atoms with Crippen LogP contribution in [0.3, 0.4) is 0 Å². The summed E-state index contributed by atoms with van der Waals surface area (Å²) < 4.78 is 16.6. The van der Waals surface area contributed by atoms with Crippen molar-refractivity contribution >= 4 is 11.5 Å². The zero-order valence-corrected chi connectivity index (χ0v) is 22.9. The minimum atomic E-state index is 0.121. The first-order valence-electron chi connectivity index (χ1n) is 13.9. The maximum Gasteiger partial charge on any atom is 0.251 e. The third-order valence-electron chi connectivity index (χ3n) is 7.33. The van der Waals surface area contributed by atoms with Gasteiger partial charge in [0.05, 0.1) is 13.7 Å². The molecule has 6 nitrogen and oxygen atoms in total. The fraction of sp³-hybridized carbons (Fsp3) is 0.364. The van der Waals surface area contributed by atoms with Gasteiger partial charge in [0.1, 0.15) is 11.5 Å². The molecule has 0 atom stereocenters. The third kappa shape index (κ3) is 6.88. The smallest absolute Gasteiger partial charge is 0.251 e. The van der Waals surface area contributed by atoms with Gasteiger partial charge in [0.2, 0.25) is 0 Å². The molecule has 39 heavy (non-hydrogen) atoms. The second-order valence-electron chi connectivity index (χ2n) is 10.2. The van der Waals surface area contributed by atoms with Crippen molar-refractivity contribution in [2.45, 2.75) is 38.3 Å². The Bertz CT molecular complexity index is 1300. The fourth-order valence-electron chi connectivity index (χ4n) is 5.16. The Kier molecular flexibility index (Phi) is 8.96. The third-order valence-corrected chi connectivity index (χ3v) is 7.33. The highest BCUT2D eigenvalue weighted by atomic mass is 16.5. The number of carbonyl (C=O) groups is 1. The maximum atomic E-state index is 14.2. The number of nitrogens with zero attached hydrogens (tertiary/aromatic N) is 1. The van der Waals surface area contributed by atoms with Crippen molar-refractivity contribution in [3.63, 3.8) is 0 Å². The Labute approximate surface area is 231 Å². The lowest BCUT2D eigenvalue weighted by Gasteiger charge is -2.28. The summed E-state index contributed by atoms with van der Waals surface area (Å²) in [6, 6.07) is 25.2. The molecule has 0 spiro atoms. The van der Waals surface area contributed by atoms with Crippen molar-refractivity contribution in [1.29, 1.82) is 0 Å². The molecule has 1 fully saturated rings. The van der Waals surface area contributed by atoms with Gasteiger partial charge in [0, 0.05) is 50.9 Å². The van der Waals surface area contributed by atoms with Crippen LogP contribution in [0.15, 0.2) is 78.4 Å². The van der Waals surface area contributed by atoms with E-state index in [1.807, 2.05) is 29.2 Å². The first-order valence-corrected chi connectivity index (χ1v) is 13.9. The molecule has 1 amide bonds. The largest absolute Gasteiger partial charge is 0.497 e. The van der Waals surface area contributed by atoms with Crippen molar-refractivity contribution in [2.24, 2.45) is 0 Å². The first kappa shape index (κ1) is 27.0. The van der Waals surface area contributed by atoms with Gasteiger partial charge in [0.25, 0.3) is 5.91 Å². The number of nitrogens with one attached hydrogen (secondary N) is 1. The molecule has 3 aromatic carbocycles. The van der Waals surface area contributed by atoms with Gasteiger partial charge in [-0.05, 0) is 71.8 Å². The van der Waals surface area contributed by atoms with Gasteiger partial charge in [-0.3, -0.25) is 4.79 Å². The van der Waals surface area contributed by atoms with Gasteiger partial charge < -0.3 is 24.4 Å². The Balaban J connectivity index is 1.41. The van der Waals surface area contributed by atoms with E-state index in [9.17, 15) is 4.79 Å². The molecular formula is C33H38N2O4. The molecule has 2 aliphatic rings. The fourth-order valence-corrected chi connectivity index (χ4v) is 5.16. The van der Waals surface area contributed by atoms with Crippen LogP contribution in [0.2, 0.25) is 0 Å². The van der Waals surface area contributed by atoms with Crippen molar-refractivity contribution in [3.8, 4) is 22.6 Å². The van der Waals surface area contributed by atoms with E-state index in [1.165, 1.54) is 11.1 Å². The van der Waals surface area contributed by atoms with E-state index in [-0.39, 0.29) is 11.9 Å². The van der Waals surface area contributed by atoms with Crippen LogP contribution in [0.5, 0.6) is 11.5 Å². The molecule has 1 saturated carbocycles. The highest BCUT2D eigenvalue weighted by Gasteiger charge is 2.35. The molecule has 1 aliphatic heterocycles. The number of methoxy groups -OCH3 is 2. The number of hydrogen-bond acceptors (Lipinski definition) is 5. The van der Waals surface area contributed by atoms with Gasteiger partial charge >= 0.3 is 0 Å². The van der Waals surface area contributed by atoms with Crippen LogP contribution in [0.25, 0.3) is 16.7 Å². The Morgan fingerprint density at radius 2 is 1.67 bits per heavy atom. The molecule has 3 aromatic rings. The monoisotopic (exact) mass is 526 g/mol. The summed E-state index contributed by atoms with van der Waals surface area (Å²) >= 11 is 0. The minimum Gasteiger partial charge on any atom is -0.497 e. The average molecular weight is 527 g/mol. The summed E-state index contributed by atoms with van der Waals surface area (Å²) in [4.78, 5) is 16.2. The maximum absolute atomic E-state index is 14.2. The Hall–Kier alpha value is -3.61. The van der Waals surface area contributed by atoms with Crippen LogP contribution >= 0.6 is 0 Å². The molecule has 6 heteroatoms. The van der Waals surface area contributed by atoms with Crippen molar-refractivity contribution in [1.82, 2.24) is 10.2 Å². The van der Waals surface area contributed by atoms with Gasteiger partial charge in [0.15, 0.2) is 0 Å². The highest BCUT2D eigenvalue weighted by molar-refractivity contribution is 6.02. The molecule has 1 aliphatic carbocycles. The van der Waals surface area contributed by atoms with E-state index in [4.69, 9.17) is 14.2 Å². The van der Waals surface area contributed by atoms with E-state index >= 15 is 0 Å². The predicted molar refractivity (Wildman–Crippen MR) is 155 cm³/mol. The van der Waals surface area contributed by atoms with E-state index < -0.39 is 0 Å². The molecule has 5 rings (SSSR count). The normalized spacial score (nSPS) is 15.2. The molecule has 0 unspecified atom stereocenters. The van der Waals surface area contributed by atoms with Crippen molar-refractivity contribution < 1.29 is 19.0 Å². The minimum absolute atomic E-state index is 0.121. The number of hydrogen-bond donors (Lipinski definition) is 1. The van der Waals surface area contributed by atoms with Gasteiger partial charge in [-0.1, -0.05) is 48.5 Å². The zero-order valence-electron chi connectivity index (χ0n) is 22.9. The Morgan fingerprint density at radius 1 is 0.897 bits per heavy atom. The number of rotatable bonds is 12. The quantitative estimate of drug-likeness (QED) is 0.306. The van der Waals surface area contributed by atoms with E-state index in [0.29, 0.717) is 26.3 Å². The predicted octanol–water partition coefficient (Wildman–Crippen LogP) is 5.72. The van der Waals surface area contributed by atoms with Crippen molar-refractivity contribution in [2.75, 3.05) is 40.5 Å². The number of benzene rings is 3. The van der Waals surface area contributed by atoms with Crippen LogP contribution in [0.1, 0.15) is 36.8 Å². The van der Waals surface area contributed by atoms with Crippen LogP contribution in [-0.2, 0) is 16.1 Å². The molecule has 0 aromatic heterocycles. The lowest BCUT2D eigenvalue weighted by atomic mass is 9.91. The first-order chi connectivity index (χ1) is 19.2. The van der Waals surface area contributed by atoms with Crippen LogP contribution < -0.4 is 14.8 Å². The second-order valence-corrected chi connectivity index (χ2v) is 10.2. The summed E-state index contributed by atoms with van der Waals surface area (Å²) in [5.41, 5.74) is 6.50. The van der Waals surface area contributed by atoms with Gasteiger partial charge in [-0.15, -0.1) is 0 Å². The number of carbonyl (C=O) groups excluding carboxylic acids is 1. The topological polar surface area (TPSA) is 60.0 Å². The molecule has 1 N–H and O–H groups in total. The Morgan fingerprint density at radius 3 is 2.44 bits per heavy atom. The summed E-state index contributed by atoms with van der Waals surface area (Å²) in [7, 11) is 3.35. The van der Waals surface area contributed by atoms with Crippen LogP contribution in [0, 0.1) is 0 Å². The molecule has 0 bridgehead atoms. The lowest BCUT2D eigenvalue weighted by Crippen LogP contribution is -2.39. The number of ether oxygens (including phenoxy) is 3. The molecule has 0 radical (unpaired) electrons. The standard InChI is InChI=1S/C33H38N2O4/c1-37-16-7-17-39-30-19-24(18-29(21-30)38-2)23-35(28-12-13-28)33(36)32-22-34-15-14-31(32)27-11-6-10-26(20-27)25-8-4-3-5-9-25/h3-6,8-11,18-21,28,34H,7,12-17,22-23H2,1-2H3. The molecule has 1 heterocycles. The average Bonchev–Trinajstić information content (AvgIpc) is 3.84. The summed E-state index contributed by atoms with van der Waals surface area (Å²) in [6.45, 7) is 3.19. The highest BCUT2D eigenvalue weighted by Crippen LogP contribution is 2.35. The summed E-state index contributed by atoms with van der Waals surface area (Å²) in [5, 5.41) is 3.45. The van der Waals surface area contributed by atoms with Crippen LogP contribution in [-0.4, -0.2) is 57.4 Å².